The van der Waals surface area contributed by atoms with Crippen molar-refractivity contribution in [2.24, 2.45) is 0 Å². The van der Waals surface area contributed by atoms with Gasteiger partial charge in [0.1, 0.15) is 5.82 Å². The predicted octanol–water partition coefficient (Wildman–Crippen LogP) is 2.56. The molecule has 1 atom stereocenters. The molecule has 2 aromatic rings. The van der Waals surface area contributed by atoms with Gasteiger partial charge in [0.15, 0.2) is 0 Å². The maximum atomic E-state index is 13.3. The fraction of sp³-hybridized carbons (Fsp3) is 0.522. The molecular formula is C23H30FN3O3S. The van der Waals surface area contributed by atoms with E-state index in [1.54, 1.807) is 23.5 Å². The largest absolute Gasteiger partial charge is 0.379 e. The number of carbonyl (C=O) groups excluding carboxylic acids is 1. The molecule has 1 aromatic carbocycles. The van der Waals surface area contributed by atoms with E-state index in [4.69, 9.17) is 9.47 Å². The summed E-state index contributed by atoms with van der Waals surface area (Å²) in [4.78, 5) is 19.8. The van der Waals surface area contributed by atoms with Crippen molar-refractivity contribution in [3.63, 3.8) is 0 Å². The van der Waals surface area contributed by atoms with Crippen LogP contribution in [-0.2, 0) is 16.0 Å². The normalized spacial score (nSPS) is 20.6. The number of carbonyl (C=O) groups is 1. The van der Waals surface area contributed by atoms with Crippen LogP contribution in [0.1, 0.15) is 15.9 Å². The summed E-state index contributed by atoms with van der Waals surface area (Å²) in [6.07, 6.45) is -0.0403. The van der Waals surface area contributed by atoms with Gasteiger partial charge < -0.3 is 14.4 Å². The highest BCUT2D eigenvalue weighted by Gasteiger charge is 2.26. The summed E-state index contributed by atoms with van der Waals surface area (Å²) in [6.45, 7) is 8.42. The van der Waals surface area contributed by atoms with Crippen LogP contribution in [0.2, 0.25) is 0 Å². The number of amides is 1. The smallest absolute Gasteiger partial charge is 0.253 e. The molecule has 0 spiro atoms. The van der Waals surface area contributed by atoms with Gasteiger partial charge in [-0.25, -0.2) is 4.39 Å². The first-order chi connectivity index (χ1) is 15.2. The van der Waals surface area contributed by atoms with E-state index < -0.39 is 0 Å². The highest BCUT2D eigenvalue weighted by molar-refractivity contribution is 7.07. The third-order valence-electron chi connectivity index (χ3n) is 5.80. The quantitative estimate of drug-likeness (QED) is 0.623. The number of hydrogen-bond donors (Lipinski definition) is 0. The van der Waals surface area contributed by atoms with Crippen molar-refractivity contribution in [2.45, 2.75) is 12.6 Å². The molecule has 6 nitrogen and oxygen atoms in total. The third-order valence-corrected chi connectivity index (χ3v) is 6.53. The fourth-order valence-electron chi connectivity index (χ4n) is 4.06. The molecule has 1 aromatic heterocycles. The predicted molar refractivity (Wildman–Crippen MR) is 119 cm³/mol. The molecule has 2 saturated heterocycles. The van der Waals surface area contributed by atoms with Crippen LogP contribution in [0.3, 0.4) is 0 Å². The van der Waals surface area contributed by atoms with Crippen LogP contribution >= 0.6 is 11.3 Å². The number of halogens is 1. The second kappa shape index (κ2) is 11.2. The lowest BCUT2D eigenvalue weighted by molar-refractivity contribution is -0.0443. The Hall–Kier alpha value is -1.84. The van der Waals surface area contributed by atoms with Crippen molar-refractivity contribution < 1.29 is 18.7 Å². The van der Waals surface area contributed by atoms with E-state index in [2.05, 4.69) is 26.6 Å². The Labute approximate surface area is 187 Å². The van der Waals surface area contributed by atoms with Crippen LogP contribution in [0.4, 0.5) is 4.39 Å². The molecule has 0 radical (unpaired) electrons. The van der Waals surface area contributed by atoms with Crippen LogP contribution < -0.4 is 0 Å². The Balaban J connectivity index is 1.39. The second-order valence-electron chi connectivity index (χ2n) is 8.07. The van der Waals surface area contributed by atoms with E-state index >= 15 is 0 Å². The van der Waals surface area contributed by atoms with Crippen molar-refractivity contribution in [1.82, 2.24) is 14.7 Å². The molecule has 2 aliphatic rings. The van der Waals surface area contributed by atoms with Crippen molar-refractivity contribution in [1.29, 1.82) is 0 Å². The van der Waals surface area contributed by atoms with E-state index in [0.29, 0.717) is 25.3 Å². The summed E-state index contributed by atoms with van der Waals surface area (Å²) in [5, 5.41) is 4.28. The minimum absolute atomic E-state index is 0.0403. The molecule has 1 unspecified atom stereocenters. The Morgan fingerprint density at radius 1 is 1.10 bits per heavy atom. The molecule has 0 N–H and O–H groups in total. The highest BCUT2D eigenvalue weighted by atomic mass is 32.1. The molecule has 0 saturated carbocycles. The lowest BCUT2D eigenvalue weighted by Gasteiger charge is -2.36. The van der Waals surface area contributed by atoms with Gasteiger partial charge in [-0.3, -0.25) is 14.6 Å². The van der Waals surface area contributed by atoms with Gasteiger partial charge in [-0.05, 0) is 46.7 Å². The molecule has 0 bridgehead atoms. The molecule has 2 aliphatic heterocycles. The maximum Gasteiger partial charge on any atom is 0.253 e. The molecule has 8 heteroatoms. The summed E-state index contributed by atoms with van der Waals surface area (Å²) in [5.41, 5.74) is 1.83. The zero-order chi connectivity index (χ0) is 21.5. The Morgan fingerprint density at radius 2 is 1.87 bits per heavy atom. The standard InChI is InChI=1S/C23H30FN3O3S/c24-21-3-1-20(2-4-21)23(28)27(7-6-25-8-11-29-12-9-25)17-22-16-26(10-13-30-22)15-19-5-14-31-18-19/h1-5,14,18,22H,6-13,15-17H2. The lowest BCUT2D eigenvalue weighted by atomic mass is 10.1. The summed E-state index contributed by atoms with van der Waals surface area (Å²) < 4.78 is 24.8. The molecule has 168 valence electrons. The maximum absolute atomic E-state index is 13.3. The van der Waals surface area contributed by atoms with E-state index in [0.717, 1.165) is 52.5 Å². The van der Waals surface area contributed by atoms with Gasteiger partial charge in [-0.2, -0.15) is 11.3 Å². The monoisotopic (exact) mass is 447 g/mol. The Kier molecular flexibility index (Phi) is 8.04. The molecular weight excluding hydrogens is 417 g/mol. The number of rotatable bonds is 8. The van der Waals surface area contributed by atoms with Crippen molar-refractivity contribution in [3.05, 3.63) is 58.0 Å². The van der Waals surface area contributed by atoms with Gasteiger partial charge in [0.05, 0.1) is 25.9 Å². The first-order valence-corrected chi connectivity index (χ1v) is 11.8. The first-order valence-electron chi connectivity index (χ1n) is 10.9. The number of benzene rings is 1. The average molecular weight is 448 g/mol. The summed E-state index contributed by atoms with van der Waals surface area (Å²) in [6, 6.07) is 7.95. The van der Waals surface area contributed by atoms with E-state index in [9.17, 15) is 9.18 Å². The van der Waals surface area contributed by atoms with E-state index in [1.807, 2.05) is 4.90 Å². The van der Waals surface area contributed by atoms with Crippen LogP contribution in [0.15, 0.2) is 41.1 Å². The number of nitrogens with zero attached hydrogens (tertiary/aromatic N) is 3. The van der Waals surface area contributed by atoms with Crippen LogP contribution in [-0.4, -0.2) is 92.3 Å². The Bertz CT molecular complexity index is 812. The molecule has 0 aliphatic carbocycles. The molecule has 31 heavy (non-hydrogen) atoms. The van der Waals surface area contributed by atoms with Crippen LogP contribution in [0, 0.1) is 5.82 Å². The van der Waals surface area contributed by atoms with E-state index in [-0.39, 0.29) is 17.8 Å². The second-order valence-corrected chi connectivity index (χ2v) is 8.85. The van der Waals surface area contributed by atoms with Gasteiger partial charge in [0.2, 0.25) is 0 Å². The van der Waals surface area contributed by atoms with Gasteiger partial charge in [0, 0.05) is 57.9 Å². The first kappa shape index (κ1) is 22.4. The van der Waals surface area contributed by atoms with Crippen LogP contribution in [0.25, 0.3) is 0 Å². The minimum Gasteiger partial charge on any atom is -0.379 e. The van der Waals surface area contributed by atoms with E-state index in [1.165, 1.54) is 17.7 Å². The van der Waals surface area contributed by atoms with Gasteiger partial charge in [0.25, 0.3) is 5.91 Å². The molecule has 2 fully saturated rings. The van der Waals surface area contributed by atoms with Crippen molar-refractivity contribution >= 4 is 17.2 Å². The number of ether oxygens (including phenoxy) is 2. The topological polar surface area (TPSA) is 45.2 Å². The Morgan fingerprint density at radius 3 is 2.61 bits per heavy atom. The average Bonchev–Trinajstić information content (AvgIpc) is 3.31. The molecule has 4 rings (SSSR count). The van der Waals surface area contributed by atoms with Gasteiger partial charge in [-0.1, -0.05) is 0 Å². The molecule has 3 heterocycles. The van der Waals surface area contributed by atoms with Gasteiger partial charge in [-0.15, -0.1) is 0 Å². The summed E-state index contributed by atoms with van der Waals surface area (Å²) in [7, 11) is 0. The summed E-state index contributed by atoms with van der Waals surface area (Å²) >= 11 is 1.71. The summed E-state index contributed by atoms with van der Waals surface area (Å²) in [5.74, 6) is -0.414. The minimum atomic E-state index is -0.337. The highest BCUT2D eigenvalue weighted by Crippen LogP contribution is 2.15. The third kappa shape index (κ3) is 6.57. The zero-order valence-electron chi connectivity index (χ0n) is 17.7. The number of hydrogen-bond acceptors (Lipinski definition) is 6. The van der Waals surface area contributed by atoms with Crippen LogP contribution in [0.5, 0.6) is 0 Å². The fourth-order valence-corrected chi connectivity index (χ4v) is 4.72. The molecule has 1 amide bonds. The van der Waals surface area contributed by atoms with Crippen molar-refractivity contribution in [3.8, 4) is 0 Å². The zero-order valence-corrected chi connectivity index (χ0v) is 18.6. The lowest BCUT2D eigenvalue weighted by Crippen LogP contribution is -2.50. The van der Waals surface area contributed by atoms with Crippen molar-refractivity contribution in [2.75, 3.05) is 65.6 Å². The SMILES string of the molecule is O=C(c1ccc(F)cc1)N(CCN1CCOCC1)CC1CN(Cc2ccsc2)CCO1. The number of thiophene rings is 1. The number of morpholine rings is 2. The van der Waals surface area contributed by atoms with Gasteiger partial charge >= 0.3 is 0 Å².